The Bertz CT molecular complexity index is 573. The number of aromatic carboxylic acids is 1. The molecule has 104 valence electrons. The zero-order chi connectivity index (χ0) is 13.9. The first-order valence-corrected chi connectivity index (χ1v) is 7.52. The number of nitrogens with one attached hydrogen (secondary N) is 1. The molecule has 2 rings (SSSR count). The van der Waals surface area contributed by atoms with Gasteiger partial charge in [-0.1, -0.05) is 6.07 Å². The number of hydrogen-bond donors (Lipinski definition) is 2. The standard InChI is InChI=1S/C11H15N3O4S/c15-11(16)9-3-1-4-10(13-9)12-5-7-14-6-2-8-19(14,17)18/h1,3-4H,2,5-8H2,(H,12,13)(H,15,16). The lowest BCUT2D eigenvalue weighted by molar-refractivity contribution is 0.0690. The molecule has 2 N–H and O–H groups in total. The molecule has 0 amide bonds. The van der Waals surface area contributed by atoms with Gasteiger partial charge in [0, 0.05) is 19.6 Å². The molecule has 7 nitrogen and oxygen atoms in total. The monoisotopic (exact) mass is 285 g/mol. The van der Waals surface area contributed by atoms with E-state index < -0.39 is 16.0 Å². The van der Waals surface area contributed by atoms with Crippen LogP contribution in [0.4, 0.5) is 5.82 Å². The average molecular weight is 285 g/mol. The van der Waals surface area contributed by atoms with E-state index in [1.54, 1.807) is 12.1 Å². The molecular weight excluding hydrogens is 270 g/mol. The van der Waals surface area contributed by atoms with Crippen LogP contribution >= 0.6 is 0 Å². The molecule has 0 saturated carbocycles. The van der Waals surface area contributed by atoms with Gasteiger partial charge in [-0.05, 0) is 18.6 Å². The Balaban J connectivity index is 1.89. The summed E-state index contributed by atoms with van der Waals surface area (Å²) in [6.07, 6.45) is 0.662. The summed E-state index contributed by atoms with van der Waals surface area (Å²) in [6, 6.07) is 4.63. The second kappa shape index (κ2) is 5.54. The van der Waals surface area contributed by atoms with Crippen molar-refractivity contribution < 1.29 is 18.3 Å². The molecule has 1 aromatic rings. The van der Waals surface area contributed by atoms with Crippen LogP contribution in [-0.4, -0.2) is 54.2 Å². The van der Waals surface area contributed by atoms with E-state index in [0.29, 0.717) is 31.9 Å². The van der Waals surface area contributed by atoms with E-state index in [1.165, 1.54) is 10.4 Å². The van der Waals surface area contributed by atoms with E-state index in [4.69, 9.17) is 5.11 Å². The van der Waals surface area contributed by atoms with Crippen LogP contribution in [0.2, 0.25) is 0 Å². The third kappa shape index (κ3) is 3.42. The first-order valence-electron chi connectivity index (χ1n) is 5.91. The SMILES string of the molecule is O=C(O)c1cccc(NCCN2CCCS2(=O)=O)n1. The molecule has 2 heterocycles. The van der Waals surface area contributed by atoms with Crippen LogP contribution in [0.5, 0.6) is 0 Å². The van der Waals surface area contributed by atoms with Crippen molar-refractivity contribution in [2.24, 2.45) is 0 Å². The second-order valence-electron chi connectivity index (χ2n) is 4.21. The minimum absolute atomic E-state index is 0.0428. The van der Waals surface area contributed by atoms with Crippen LogP contribution in [0.25, 0.3) is 0 Å². The first kappa shape index (κ1) is 13.8. The number of pyridine rings is 1. The van der Waals surface area contributed by atoms with Crippen molar-refractivity contribution in [1.82, 2.24) is 9.29 Å². The molecule has 1 fully saturated rings. The minimum Gasteiger partial charge on any atom is -0.477 e. The number of aromatic nitrogens is 1. The van der Waals surface area contributed by atoms with Crippen molar-refractivity contribution in [3.63, 3.8) is 0 Å². The third-order valence-corrected chi connectivity index (χ3v) is 4.80. The zero-order valence-electron chi connectivity index (χ0n) is 10.2. The molecule has 1 aliphatic heterocycles. The number of carboxylic acid groups (broad SMARTS) is 1. The number of rotatable bonds is 5. The Labute approximate surface area is 111 Å². The zero-order valence-corrected chi connectivity index (χ0v) is 11.1. The highest BCUT2D eigenvalue weighted by atomic mass is 32.2. The van der Waals surface area contributed by atoms with E-state index in [0.717, 1.165) is 0 Å². The lowest BCUT2D eigenvalue weighted by atomic mass is 10.3. The van der Waals surface area contributed by atoms with Crippen LogP contribution in [-0.2, 0) is 10.0 Å². The molecule has 0 bridgehead atoms. The molecule has 0 aromatic carbocycles. The van der Waals surface area contributed by atoms with E-state index in [1.807, 2.05) is 0 Å². The van der Waals surface area contributed by atoms with Crippen LogP contribution in [0, 0.1) is 0 Å². The Morgan fingerprint density at radius 1 is 1.47 bits per heavy atom. The molecule has 19 heavy (non-hydrogen) atoms. The summed E-state index contributed by atoms with van der Waals surface area (Å²) in [4.78, 5) is 14.6. The highest BCUT2D eigenvalue weighted by Gasteiger charge is 2.27. The smallest absolute Gasteiger partial charge is 0.354 e. The van der Waals surface area contributed by atoms with Gasteiger partial charge >= 0.3 is 5.97 Å². The lowest BCUT2D eigenvalue weighted by Gasteiger charge is -2.14. The van der Waals surface area contributed by atoms with Crippen molar-refractivity contribution in [3.8, 4) is 0 Å². The molecule has 0 unspecified atom stereocenters. The molecule has 1 aliphatic rings. The Morgan fingerprint density at radius 3 is 2.89 bits per heavy atom. The van der Waals surface area contributed by atoms with Gasteiger partial charge in [0.25, 0.3) is 0 Å². The van der Waals surface area contributed by atoms with Crippen molar-refractivity contribution in [3.05, 3.63) is 23.9 Å². The third-order valence-electron chi connectivity index (χ3n) is 2.84. The highest BCUT2D eigenvalue weighted by molar-refractivity contribution is 7.89. The summed E-state index contributed by atoms with van der Waals surface area (Å²) in [7, 11) is -3.08. The quantitative estimate of drug-likeness (QED) is 0.803. The van der Waals surface area contributed by atoms with Gasteiger partial charge in [0.1, 0.15) is 5.82 Å². The number of anilines is 1. The maximum absolute atomic E-state index is 11.6. The molecule has 0 aliphatic carbocycles. The van der Waals surface area contributed by atoms with Gasteiger partial charge < -0.3 is 10.4 Å². The summed E-state index contributed by atoms with van der Waals surface area (Å²) >= 11 is 0. The molecule has 0 radical (unpaired) electrons. The van der Waals surface area contributed by atoms with Gasteiger partial charge in [0.2, 0.25) is 10.0 Å². The molecule has 1 aromatic heterocycles. The van der Waals surface area contributed by atoms with Crippen molar-refractivity contribution in [2.45, 2.75) is 6.42 Å². The topological polar surface area (TPSA) is 99.6 Å². The predicted octanol–water partition coefficient (Wildman–Crippen LogP) is 0.227. The van der Waals surface area contributed by atoms with E-state index in [-0.39, 0.29) is 11.4 Å². The summed E-state index contributed by atoms with van der Waals surface area (Å²) < 4.78 is 24.5. The Hall–Kier alpha value is -1.67. The number of nitrogens with zero attached hydrogens (tertiary/aromatic N) is 2. The fourth-order valence-electron chi connectivity index (χ4n) is 1.90. The van der Waals surface area contributed by atoms with Gasteiger partial charge in [0.15, 0.2) is 5.69 Å². The molecule has 8 heteroatoms. The predicted molar refractivity (Wildman–Crippen MR) is 69.7 cm³/mol. The number of carboxylic acids is 1. The van der Waals surface area contributed by atoms with E-state index in [2.05, 4.69) is 10.3 Å². The Morgan fingerprint density at radius 2 is 2.26 bits per heavy atom. The summed E-state index contributed by atoms with van der Waals surface area (Å²) in [5.41, 5.74) is -0.0428. The maximum atomic E-state index is 11.6. The first-order chi connectivity index (χ1) is 8.99. The Kier molecular flexibility index (Phi) is 4.01. The van der Waals surface area contributed by atoms with Crippen molar-refractivity contribution in [2.75, 3.05) is 30.7 Å². The summed E-state index contributed by atoms with van der Waals surface area (Å²) in [5.74, 6) is -0.456. The van der Waals surface area contributed by atoms with Gasteiger partial charge in [-0.2, -0.15) is 0 Å². The van der Waals surface area contributed by atoms with E-state index in [9.17, 15) is 13.2 Å². The normalized spacial score (nSPS) is 18.3. The number of hydrogen-bond acceptors (Lipinski definition) is 5. The van der Waals surface area contributed by atoms with Crippen LogP contribution in [0.3, 0.4) is 0 Å². The van der Waals surface area contributed by atoms with Crippen molar-refractivity contribution >= 4 is 21.8 Å². The molecule has 0 spiro atoms. The maximum Gasteiger partial charge on any atom is 0.354 e. The minimum atomic E-state index is -3.08. The lowest BCUT2D eigenvalue weighted by Crippen LogP contribution is -2.30. The molecule has 1 saturated heterocycles. The van der Waals surface area contributed by atoms with Gasteiger partial charge in [-0.15, -0.1) is 0 Å². The summed E-state index contributed by atoms with van der Waals surface area (Å²) in [5, 5.41) is 11.7. The average Bonchev–Trinajstić information content (AvgIpc) is 2.69. The molecular formula is C11H15N3O4S. The van der Waals surface area contributed by atoms with E-state index >= 15 is 0 Å². The van der Waals surface area contributed by atoms with Crippen LogP contribution in [0.1, 0.15) is 16.9 Å². The van der Waals surface area contributed by atoms with Crippen LogP contribution in [0.15, 0.2) is 18.2 Å². The molecule has 0 atom stereocenters. The van der Waals surface area contributed by atoms with Gasteiger partial charge in [-0.3, -0.25) is 0 Å². The van der Waals surface area contributed by atoms with Crippen molar-refractivity contribution in [1.29, 1.82) is 0 Å². The number of sulfonamides is 1. The largest absolute Gasteiger partial charge is 0.477 e. The number of carbonyl (C=O) groups is 1. The fourth-order valence-corrected chi connectivity index (χ4v) is 3.43. The summed E-state index contributed by atoms with van der Waals surface area (Å²) in [6.45, 7) is 1.31. The van der Waals surface area contributed by atoms with Gasteiger partial charge in [0.05, 0.1) is 5.75 Å². The highest BCUT2D eigenvalue weighted by Crippen LogP contribution is 2.12. The van der Waals surface area contributed by atoms with Gasteiger partial charge in [-0.25, -0.2) is 22.5 Å². The second-order valence-corrected chi connectivity index (χ2v) is 6.30. The fraction of sp³-hybridized carbons (Fsp3) is 0.455. The van der Waals surface area contributed by atoms with Crippen LogP contribution < -0.4 is 5.32 Å².